The minimum Gasteiger partial charge on any atom is -0.478 e. The van der Waals surface area contributed by atoms with Crippen LogP contribution in [-0.2, 0) is 10.0 Å². The van der Waals surface area contributed by atoms with Crippen molar-refractivity contribution in [3.05, 3.63) is 81.9 Å². The van der Waals surface area contributed by atoms with E-state index in [2.05, 4.69) is 4.72 Å². The molecule has 0 aliphatic heterocycles. The van der Waals surface area contributed by atoms with Gasteiger partial charge in [-0.1, -0.05) is 35.9 Å². The van der Waals surface area contributed by atoms with Gasteiger partial charge in [-0.3, -0.25) is 4.72 Å². The van der Waals surface area contributed by atoms with E-state index in [1.54, 1.807) is 50.2 Å². The smallest absolute Gasteiger partial charge is 0.335 e. The Kier molecular flexibility index (Phi) is 5.68. The molecule has 0 aromatic heterocycles. The lowest BCUT2D eigenvalue weighted by Crippen LogP contribution is -2.15. The van der Waals surface area contributed by atoms with Gasteiger partial charge in [-0.25, -0.2) is 13.2 Å². The predicted octanol–water partition coefficient (Wildman–Crippen LogP) is 5.43. The molecule has 0 bridgehead atoms. The molecule has 3 rings (SSSR count). The highest BCUT2D eigenvalue weighted by molar-refractivity contribution is 7.92. The fourth-order valence-corrected chi connectivity index (χ4v) is 4.75. The van der Waals surface area contributed by atoms with E-state index < -0.39 is 16.0 Å². The van der Waals surface area contributed by atoms with Gasteiger partial charge in [-0.05, 0) is 78.9 Å². The summed E-state index contributed by atoms with van der Waals surface area (Å²) >= 11 is 6.09. The maximum atomic E-state index is 13.0. The summed E-state index contributed by atoms with van der Waals surface area (Å²) in [7, 11) is -3.81. The number of carbonyl (C=O) groups is 1. The molecule has 0 fully saturated rings. The van der Waals surface area contributed by atoms with Crippen LogP contribution < -0.4 is 4.72 Å². The van der Waals surface area contributed by atoms with E-state index in [1.807, 2.05) is 13.0 Å². The molecule has 0 atom stereocenters. The van der Waals surface area contributed by atoms with Gasteiger partial charge < -0.3 is 5.11 Å². The molecule has 0 amide bonds. The van der Waals surface area contributed by atoms with E-state index in [9.17, 15) is 13.2 Å². The lowest BCUT2D eigenvalue weighted by atomic mass is 9.98. The number of hydrogen-bond donors (Lipinski definition) is 2. The highest BCUT2D eigenvalue weighted by atomic mass is 35.5. The molecule has 0 saturated carbocycles. The van der Waals surface area contributed by atoms with Crippen LogP contribution in [0, 0.1) is 20.8 Å². The third-order valence-corrected chi connectivity index (χ3v) is 6.68. The van der Waals surface area contributed by atoms with Crippen molar-refractivity contribution >= 4 is 33.3 Å². The van der Waals surface area contributed by atoms with E-state index in [0.29, 0.717) is 21.8 Å². The topological polar surface area (TPSA) is 83.5 Å². The molecule has 3 aromatic rings. The van der Waals surface area contributed by atoms with Crippen molar-refractivity contribution in [3.8, 4) is 11.1 Å². The molecule has 0 spiro atoms. The van der Waals surface area contributed by atoms with E-state index in [4.69, 9.17) is 16.7 Å². The SMILES string of the molecule is Cc1cc(S(=O)(=O)Nc2cccc(-c3ccc(C(=O)O)cc3)c2C)c(C)cc1Cl. The maximum Gasteiger partial charge on any atom is 0.335 e. The van der Waals surface area contributed by atoms with Gasteiger partial charge in [0.15, 0.2) is 0 Å². The summed E-state index contributed by atoms with van der Waals surface area (Å²) in [5.74, 6) is -0.997. The van der Waals surface area contributed by atoms with Gasteiger partial charge in [-0.2, -0.15) is 0 Å². The zero-order chi connectivity index (χ0) is 21.3. The molecule has 0 radical (unpaired) electrons. The van der Waals surface area contributed by atoms with Gasteiger partial charge in [0, 0.05) is 5.02 Å². The van der Waals surface area contributed by atoms with Gasteiger partial charge in [0.2, 0.25) is 0 Å². The average Bonchev–Trinajstić information content (AvgIpc) is 2.66. The average molecular weight is 430 g/mol. The predicted molar refractivity (Wildman–Crippen MR) is 115 cm³/mol. The molecule has 0 aliphatic carbocycles. The largest absolute Gasteiger partial charge is 0.478 e. The van der Waals surface area contributed by atoms with Crippen molar-refractivity contribution in [1.29, 1.82) is 0 Å². The third-order valence-electron chi connectivity index (χ3n) is 4.77. The molecular weight excluding hydrogens is 410 g/mol. The van der Waals surface area contributed by atoms with E-state index in [0.717, 1.165) is 16.7 Å². The molecule has 3 aromatic carbocycles. The molecule has 0 heterocycles. The number of aryl methyl sites for hydroxylation is 2. The molecule has 0 saturated heterocycles. The first kappa shape index (κ1) is 20.9. The monoisotopic (exact) mass is 429 g/mol. The number of sulfonamides is 1. The van der Waals surface area contributed by atoms with Crippen molar-refractivity contribution in [2.24, 2.45) is 0 Å². The summed E-state index contributed by atoms with van der Waals surface area (Å²) < 4.78 is 28.6. The van der Waals surface area contributed by atoms with Crippen molar-refractivity contribution in [2.45, 2.75) is 25.7 Å². The van der Waals surface area contributed by atoms with Crippen molar-refractivity contribution < 1.29 is 18.3 Å². The van der Waals surface area contributed by atoms with Gasteiger partial charge in [-0.15, -0.1) is 0 Å². The Morgan fingerprint density at radius 1 is 0.966 bits per heavy atom. The van der Waals surface area contributed by atoms with E-state index in [1.165, 1.54) is 12.1 Å². The van der Waals surface area contributed by atoms with E-state index >= 15 is 0 Å². The molecule has 7 heteroatoms. The molecule has 29 heavy (non-hydrogen) atoms. The number of hydrogen-bond acceptors (Lipinski definition) is 3. The second-order valence-corrected chi connectivity index (χ2v) is 8.89. The Morgan fingerprint density at radius 3 is 2.24 bits per heavy atom. The molecule has 0 unspecified atom stereocenters. The zero-order valence-electron chi connectivity index (χ0n) is 16.2. The number of halogens is 1. The van der Waals surface area contributed by atoms with Crippen LogP contribution in [0.4, 0.5) is 5.69 Å². The summed E-state index contributed by atoms with van der Waals surface area (Å²) in [6.07, 6.45) is 0. The Bertz CT molecular complexity index is 1200. The van der Waals surface area contributed by atoms with Crippen molar-refractivity contribution in [2.75, 3.05) is 4.72 Å². The van der Waals surface area contributed by atoms with Crippen LogP contribution in [0.1, 0.15) is 27.0 Å². The molecule has 5 nitrogen and oxygen atoms in total. The molecule has 2 N–H and O–H groups in total. The Hall–Kier alpha value is -2.83. The second-order valence-electron chi connectivity index (χ2n) is 6.83. The van der Waals surface area contributed by atoms with Crippen LogP contribution in [0.25, 0.3) is 11.1 Å². The van der Waals surface area contributed by atoms with Crippen LogP contribution in [0.5, 0.6) is 0 Å². The first-order chi connectivity index (χ1) is 13.6. The third kappa shape index (κ3) is 4.28. The first-order valence-electron chi connectivity index (χ1n) is 8.83. The van der Waals surface area contributed by atoms with Crippen LogP contribution in [-0.4, -0.2) is 19.5 Å². The molecule has 0 aliphatic rings. The van der Waals surface area contributed by atoms with Crippen molar-refractivity contribution in [3.63, 3.8) is 0 Å². The first-order valence-corrected chi connectivity index (χ1v) is 10.7. The van der Waals surface area contributed by atoms with Crippen LogP contribution in [0.2, 0.25) is 5.02 Å². The normalized spacial score (nSPS) is 11.3. The van der Waals surface area contributed by atoms with E-state index in [-0.39, 0.29) is 10.5 Å². The number of carboxylic acids is 1. The number of rotatable bonds is 5. The summed E-state index contributed by atoms with van der Waals surface area (Å²) in [4.78, 5) is 11.2. The fourth-order valence-electron chi connectivity index (χ4n) is 3.10. The summed E-state index contributed by atoms with van der Waals surface area (Å²) in [5.41, 5.74) is 4.24. The lowest BCUT2D eigenvalue weighted by molar-refractivity contribution is 0.0697. The van der Waals surface area contributed by atoms with Crippen LogP contribution in [0.3, 0.4) is 0 Å². The van der Waals surface area contributed by atoms with Gasteiger partial charge in [0.05, 0.1) is 16.1 Å². The molecule has 150 valence electrons. The zero-order valence-corrected chi connectivity index (χ0v) is 17.7. The standard InChI is InChI=1S/C22H20ClNO4S/c1-13-12-21(14(2)11-19(13)23)29(27,28)24-20-6-4-5-18(15(20)3)16-7-9-17(10-8-16)22(25)26/h4-12,24H,1-3H3,(H,25,26). The number of nitrogens with one attached hydrogen (secondary N) is 1. The Labute approximate surface area is 175 Å². The lowest BCUT2D eigenvalue weighted by Gasteiger charge is -2.16. The minimum absolute atomic E-state index is 0.176. The fraction of sp³-hybridized carbons (Fsp3) is 0.136. The van der Waals surface area contributed by atoms with Gasteiger partial charge in [0.1, 0.15) is 0 Å². The number of benzene rings is 3. The highest BCUT2D eigenvalue weighted by Gasteiger charge is 2.20. The quantitative estimate of drug-likeness (QED) is 0.566. The number of aromatic carboxylic acids is 1. The molecular formula is C22H20ClNO4S. The maximum absolute atomic E-state index is 13.0. The summed E-state index contributed by atoms with van der Waals surface area (Å²) in [6, 6.07) is 15.0. The minimum atomic E-state index is -3.81. The van der Waals surface area contributed by atoms with Gasteiger partial charge in [0.25, 0.3) is 10.0 Å². The van der Waals surface area contributed by atoms with Crippen LogP contribution >= 0.6 is 11.6 Å². The van der Waals surface area contributed by atoms with Crippen LogP contribution in [0.15, 0.2) is 59.5 Å². The van der Waals surface area contributed by atoms with Gasteiger partial charge >= 0.3 is 5.97 Å². The van der Waals surface area contributed by atoms with Crippen molar-refractivity contribution in [1.82, 2.24) is 0 Å². The number of carboxylic acid groups (broad SMARTS) is 1. The second kappa shape index (κ2) is 7.89. The Balaban J connectivity index is 2.00. The summed E-state index contributed by atoms with van der Waals surface area (Å²) in [5, 5.41) is 9.57. The summed E-state index contributed by atoms with van der Waals surface area (Å²) in [6.45, 7) is 5.28. The highest BCUT2D eigenvalue weighted by Crippen LogP contribution is 2.31. The Morgan fingerprint density at radius 2 is 1.62 bits per heavy atom. The number of anilines is 1.